The van der Waals surface area contributed by atoms with E-state index in [4.69, 9.17) is 4.74 Å². The maximum absolute atomic E-state index is 12.4. The van der Waals surface area contributed by atoms with Gasteiger partial charge in [-0.05, 0) is 27.5 Å². The van der Waals surface area contributed by atoms with E-state index < -0.39 is 0 Å². The molecule has 122 valence electrons. The molecule has 3 aromatic carbocycles. The number of nitrogens with one attached hydrogen (secondary N) is 1. The highest BCUT2D eigenvalue weighted by atomic mass is 16.5. The van der Waals surface area contributed by atoms with Crippen LogP contribution in [0.25, 0.3) is 10.8 Å². The summed E-state index contributed by atoms with van der Waals surface area (Å²) in [5.74, 6) is 0.0265. The van der Waals surface area contributed by atoms with Crippen molar-refractivity contribution in [1.29, 1.82) is 0 Å². The van der Waals surface area contributed by atoms with Gasteiger partial charge in [-0.1, -0.05) is 66.7 Å². The highest BCUT2D eigenvalue weighted by Crippen LogP contribution is 2.19. The third-order valence-electron chi connectivity index (χ3n) is 4.13. The standard InChI is InChI=1S/C21H21NO2/c1-24-15-19-9-3-2-8-18(19)14-22-21(23)13-17-11-6-10-16-7-4-5-12-20(16)17/h2-12H,13-15H2,1H3,(H,22,23). The van der Waals surface area contributed by atoms with E-state index in [-0.39, 0.29) is 5.91 Å². The van der Waals surface area contributed by atoms with Crippen LogP contribution in [0.1, 0.15) is 16.7 Å². The van der Waals surface area contributed by atoms with Crippen LogP contribution in [0, 0.1) is 0 Å². The summed E-state index contributed by atoms with van der Waals surface area (Å²) >= 11 is 0. The summed E-state index contributed by atoms with van der Waals surface area (Å²) in [4.78, 5) is 12.4. The molecule has 0 spiro atoms. The molecule has 1 N–H and O–H groups in total. The normalized spacial score (nSPS) is 10.7. The molecule has 0 unspecified atom stereocenters. The first-order valence-electron chi connectivity index (χ1n) is 8.07. The molecule has 0 fully saturated rings. The zero-order chi connectivity index (χ0) is 16.8. The van der Waals surface area contributed by atoms with Gasteiger partial charge >= 0.3 is 0 Å². The van der Waals surface area contributed by atoms with Crippen molar-refractivity contribution >= 4 is 16.7 Å². The van der Waals surface area contributed by atoms with E-state index in [0.29, 0.717) is 19.6 Å². The SMILES string of the molecule is COCc1ccccc1CNC(=O)Cc1cccc2ccccc12. The number of hydrogen-bond donors (Lipinski definition) is 1. The van der Waals surface area contributed by atoms with Crippen LogP contribution >= 0.6 is 0 Å². The van der Waals surface area contributed by atoms with Crippen LogP contribution in [0.5, 0.6) is 0 Å². The van der Waals surface area contributed by atoms with Crippen molar-refractivity contribution in [3.05, 3.63) is 83.4 Å². The Kier molecular flexibility index (Phi) is 5.24. The highest BCUT2D eigenvalue weighted by molar-refractivity contribution is 5.90. The molecule has 0 bridgehead atoms. The molecule has 0 aromatic heterocycles. The van der Waals surface area contributed by atoms with E-state index in [1.165, 1.54) is 0 Å². The van der Waals surface area contributed by atoms with E-state index >= 15 is 0 Å². The Morgan fingerprint density at radius 1 is 0.875 bits per heavy atom. The van der Waals surface area contributed by atoms with Crippen molar-refractivity contribution in [2.75, 3.05) is 7.11 Å². The van der Waals surface area contributed by atoms with Crippen molar-refractivity contribution in [2.45, 2.75) is 19.6 Å². The van der Waals surface area contributed by atoms with Crippen molar-refractivity contribution in [3.8, 4) is 0 Å². The summed E-state index contributed by atoms with van der Waals surface area (Å²) in [5.41, 5.74) is 3.24. The Morgan fingerprint density at radius 3 is 2.38 bits per heavy atom. The van der Waals surface area contributed by atoms with Crippen LogP contribution in [-0.4, -0.2) is 13.0 Å². The largest absolute Gasteiger partial charge is 0.380 e. The number of carbonyl (C=O) groups is 1. The fourth-order valence-electron chi connectivity index (χ4n) is 2.90. The summed E-state index contributed by atoms with van der Waals surface area (Å²) < 4.78 is 5.21. The van der Waals surface area contributed by atoms with Crippen molar-refractivity contribution in [3.63, 3.8) is 0 Å². The lowest BCUT2D eigenvalue weighted by Gasteiger charge is -2.11. The Morgan fingerprint density at radius 2 is 1.54 bits per heavy atom. The molecule has 0 aliphatic carbocycles. The zero-order valence-corrected chi connectivity index (χ0v) is 13.8. The van der Waals surface area contributed by atoms with Gasteiger partial charge in [0.15, 0.2) is 0 Å². The molecular formula is C21H21NO2. The number of rotatable bonds is 6. The summed E-state index contributed by atoms with van der Waals surface area (Å²) in [6.07, 6.45) is 0.383. The molecule has 3 nitrogen and oxygen atoms in total. The van der Waals surface area contributed by atoms with Crippen LogP contribution in [0.2, 0.25) is 0 Å². The molecule has 3 heteroatoms. The number of carbonyl (C=O) groups excluding carboxylic acids is 1. The number of fused-ring (bicyclic) bond motifs is 1. The summed E-state index contributed by atoms with van der Waals surface area (Å²) in [6, 6.07) is 22.2. The second-order valence-corrected chi connectivity index (χ2v) is 5.79. The molecule has 0 atom stereocenters. The third kappa shape index (κ3) is 3.81. The van der Waals surface area contributed by atoms with E-state index in [1.54, 1.807) is 7.11 Å². The molecule has 0 aliphatic heterocycles. The zero-order valence-electron chi connectivity index (χ0n) is 13.8. The van der Waals surface area contributed by atoms with Crippen LogP contribution in [0.3, 0.4) is 0 Å². The minimum absolute atomic E-state index is 0.0265. The fraction of sp³-hybridized carbons (Fsp3) is 0.190. The molecule has 0 saturated carbocycles. The van der Waals surface area contributed by atoms with E-state index in [9.17, 15) is 4.79 Å². The molecule has 0 radical (unpaired) electrons. The minimum atomic E-state index is 0.0265. The molecule has 3 aromatic rings. The van der Waals surface area contributed by atoms with Gasteiger partial charge in [-0.3, -0.25) is 4.79 Å². The van der Waals surface area contributed by atoms with Crippen LogP contribution in [-0.2, 0) is 29.1 Å². The minimum Gasteiger partial charge on any atom is -0.380 e. The Labute approximate surface area is 142 Å². The van der Waals surface area contributed by atoms with Gasteiger partial charge in [-0.2, -0.15) is 0 Å². The Balaban J connectivity index is 1.68. The molecule has 1 amide bonds. The van der Waals surface area contributed by atoms with Gasteiger partial charge < -0.3 is 10.1 Å². The quantitative estimate of drug-likeness (QED) is 0.749. The lowest BCUT2D eigenvalue weighted by Crippen LogP contribution is -2.25. The molecule has 24 heavy (non-hydrogen) atoms. The van der Waals surface area contributed by atoms with Gasteiger partial charge in [0, 0.05) is 13.7 Å². The monoisotopic (exact) mass is 319 g/mol. The predicted molar refractivity (Wildman–Crippen MR) is 96.7 cm³/mol. The number of amides is 1. The summed E-state index contributed by atoms with van der Waals surface area (Å²) in [5, 5.41) is 5.31. The Bertz CT molecular complexity index is 837. The van der Waals surface area contributed by atoms with E-state index in [2.05, 4.69) is 23.5 Å². The lowest BCUT2D eigenvalue weighted by atomic mass is 10.0. The van der Waals surface area contributed by atoms with Gasteiger partial charge in [0.05, 0.1) is 13.0 Å². The first-order chi connectivity index (χ1) is 11.8. The number of ether oxygens (including phenoxy) is 1. The van der Waals surface area contributed by atoms with Gasteiger partial charge in [-0.15, -0.1) is 0 Å². The van der Waals surface area contributed by atoms with E-state index in [0.717, 1.165) is 27.5 Å². The average Bonchev–Trinajstić information content (AvgIpc) is 2.62. The predicted octanol–water partition coefficient (Wildman–Crippen LogP) is 3.85. The maximum Gasteiger partial charge on any atom is 0.224 e. The Hall–Kier alpha value is -2.65. The van der Waals surface area contributed by atoms with Crippen molar-refractivity contribution < 1.29 is 9.53 Å². The van der Waals surface area contributed by atoms with Crippen molar-refractivity contribution in [1.82, 2.24) is 5.32 Å². The first kappa shape index (κ1) is 16.2. The maximum atomic E-state index is 12.4. The smallest absolute Gasteiger partial charge is 0.224 e. The second kappa shape index (κ2) is 7.75. The highest BCUT2D eigenvalue weighted by Gasteiger charge is 2.08. The van der Waals surface area contributed by atoms with Crippen LogP contribution in [0.4, 0.5) is 0 Å². The van der Waals surface area contributed by atoms with Gasteiger partial charge in [0.2, 0.25) is 5.91 Å². The third-order valence-corrected chi connectivity index (χ3v) is 4.13. The average molecular weight is 319 g/mol. The summed E-state index contributed by atoms with van der Waals surface area (Å²) in [7, 11) is 1.68. The van der Waals surface area contributed by atoms with Crippen LogP contribution < -0.4 is 5.32 Å². The number of benzene rings is 3. The van der Waals surface area contributed by atoms with Crippen LogP contribution in [0.15, 0.2) is 66.7 Å². The molecule has 0 aliphatic rings. The fourth-order valence-corrected chi connectivity index (χ4v) is 2.90. The van der Waals surface area contributed by atoms with E-state index in [1.807, 2.05) is 48.5 Å². The van der Waals surface area contributed by atoms with Crippen molar-refractivity contribution in [2.24, 2.45) is 0 Å². The first-order valence-corrected chi connectivity index (χ1v) is 8.07. The topological polar surface area (TPSA) is 38.3 Å². The molecule has 3 rings (SSSR count). The van der Waals surface area contributed by atoms with Gasteiger partial charge in [0.1, 0.15) is 0 Å². The van der Waals surface area contributed by atoms with Gasteiger partial charge in [-0.25, -0.2) is 0 Å². The summed E-state index contributed by atoms with van der Waals surface area (Å²) in [6.45, 7) is 1.07. The lowest BCUT2D eigenvalue weighted by molar-refractivity contribution is -0.120. The number of methoxy groups -OCH3 is 1. The molecular weight excluding hydrogens is 298 g/mol. The second-order valence-electron chi connectivity index (χ2n) is 5.79. The van der Waals surface area contributed by atoms with Gasteiger partial charge in [0.25, 0.3) is 0 Å². The number of hydrogen-bond acceptors (Lipinski definition) is 2. The molecule has 0 heterocycles. The molecule has 0 saturated heterocycles.